The topological polar surface area (TPSA) is 80.7 Å². The molecule has 0 spiro atoms. The number of rotatable bonds is 5. The maximum Gasteiger partial charge on any atom is 0.278 e. The lowest BCUT2D eigenvalue weighted by Crippen LogP contribution is -2.14. The Hall–Kier alpha value is -3.25. The number of halogens is 1. The third kappa shape index (κ3) is 4.30. The molecule has 0 aliphatic heterocycles. The van der Waals surface area contributed by atoms with Crippen molar-refractivity contribution in [1.29, 1.82) is 0 Å². The Morgan fingerprint density at radius 1 is 1.11 bits per heavy atom. The van der Waals surface area contributed by atoms with Gasteiger partial charge in [-0.3, -0.25) is 4.79 Å². The highest BCUT2D eigenvalue weighted by Gasteiger charge is 2.17. The zero-order chi connectivity index (χ0) is 19.4. The molecule has 0 aliphatic rings. The van der Waals surface area contributed by atoms with Crippen LogP contribution in [0, 0.1) is 6.92 Å². The molecule has 0 saturated carbocycles. The van der Waals surface area contributed by atoms with Crippen LogP contribution in [0.5, 0.6) is 23.0 Å². The van der Waals surface area contributed by atoms with Gasteiger partial charge in [0.25, 0.3) is 5.91 Å². The molecule has 6 nitrogen and oxygen atoms in total. The summed E-state index contributed by atoms with van der Waals surface area (Å²) in [5, 5.41) is 13.0. The van der Waals surface area contributed by atoms with Gasteiger partial charge in [-0.05, 0) is 37.3 Å². The molecule has 1 heterocycles. The molecule has 0 bridgehead atoms. The number of amides is 1. The third-order valence-electron chi connectivity index (χ3n) is 3.76. The van der Waals surface area contributed by atoms with E-state index in [0.29, 0.717) is 22.2 Å². The molecule has 2 N–H and O–H groups in total. The number of aromatic nitrogens is 1. The first-order valence-corrected chi connectivity index (χ1v) is 8.43. The zero-order valence-electron chi connectivity index (χ0n) is 14.7. The van der Waals surface area contributed by atoms with Gasteiger partial charge in [0, 0.05) is 18.0 Å². The van der Waals surface area contributed by atoms with Gasteiger partial charge in [-0.15, -0.1) is 0 Å². The van der Waals surface area contributed by atoms with Gasteiger partial charge in [0.15, 0.2) is 17.2 Å². The largest absolute Gasteiger partial charge is 0.503 e. The van der Waals surface area contributed by atoms with E-state index in [0.717, 1.165) is 5.56 Å². The standard InChI is InChI=1S/C20H17ClN2O4/c1-12-3-6-14(7-4-12)27-16-8-5-13(11-15(16)21)23-20(25)18-19(24)17(26-2)9-10-22-18/h3-11,24H,1-2H3,(H,23,25). The first-order chi connectivity index (χ1) is 13.0. The molecule has 1 aromatic heterocycles. The number of anilines is 1. The molecular formula is C20H17ClN2O4. The van der Waals surface area contributed by atoms with E-state index in [9.17, 15) is 9.90 Å². The minimum atomic E-state index is -0.588. The number of aromatic hydroxyl groups is 1. The van der Waals surface area contributed by atoms with Crippen LogP contribution in [0.3, 0.4) is 0 Å². The fourth-order valence-electron chi connectivity index (χ4n) is 2.35. The molecule has 0 radical (unpaired) electrons. The van der Waals surface area contributed by atoms with E-state index in [1.807, 2.05) is 31.2 Å². The van der Waals surface area contributed by atoms with Crippen LogP contribution in [0.4, 0.5) is 5.69 Å². The SMILES string of the molecule is COc1ccnc(C(=O)Nc2ccc(Oc3ccc(C)cc3)c(Cl)c2)c1O. The number of aryl methyl sites for hydroxylation is 1. The molecule has 138 valence electrons. The predicted octanol–water partition coefficient (Wildman–Crippen LogP) is 4.80. The van der Waals surface area contributed by atoms with Crippen molar-refractivity contribution in [1.82, 2.24) is 4.98 Å². The highest BCUT2D eigenvalue weighted by atomic mass is 35.5. The Balaban J connectivity index is 1.76. The van der Waals surface area contributed by atoms with Gasteiger partial charge in [0.1, 0.15) is 11.5 Å². The highest BCUT2D eigenvalue weighted by Crippen LogP contribution is 2.33. The number of nitrogens with one attached hydrogen (secondary N) is 1. The highest BCUT2D eigenvalue weighted by molar-refractivity contribution is 6.32. The van der Waals surface area contributed by atoms with Gasteiger partial charge in [-0.2, -0.15) is 0 Å². The fourth-order valence-corrected chi connectivity index (χ4v) is 2.57. The van der Waals surface area contributed by atoms with E-state index in [1.165, 1.54) is 19.4 Å². The monoisotopic (exact) mass is 384 g/mol. The number of benzene rings is 2. The van der Waals surface area contributed by atoms with Crippen molar-refractivity contribution in [3.63, 3.8) is 0 Å². The van der Waals surface area contributed by atoms with Gasteiger partial charge in [0.05, 0.1) is 12.1 Å². The number of hydrogen-bond acceptors (Lipinski definition) is 5. The van der Waals surface area contributed by atoms with Crippen LogP contribution < -0.4 is 14.8 Å². The van der Waals surface area contributed by atoms with E-state index in [2.05, 4.69) is 10.3 Å². The van der Waals surface area contributed by atoms with Gasteiger partial charge in [-0.25, -0.2) is 4.98 Å². The molecule has 0 fully saturated rings. The van der Waals surface area contributed by atoms with Crippen molar-refractivity contribution < 1.29 is 19.4 Å². The zero-order valence-corrected chi connectivity index (χ0v) is 15.4. The molecule has 2 aromatic carbocycles. The smallest absolute Gasteiger partial charge is 0.278 e. The molecule has 27 heavy (non-hydrogen) atoms. The molecule has 3 aromatic rings. The predicted molar refractivity (Wildman–Crippen MR) is 103 cm³/mol. The lowest BCUT2D eigenvalue weighted by atomic mass is 10.2. The Kier molecular flexibility index (Phi) is 5.47. The molecule has 0 saturated heterocycles. The summed E-state index contributed by atoms with van der Waals surface area (Å²) >= 11 is 6.26. The first kappa shape index (κ1) is 18.5. The van der Waals surface area contributed by atoms with Crippen molar-refractivity contribution in [3.05, 3.63) is 71.0 Å². The van der Waals surface area contributed by atoms with Crippen molar-refractivity contribution in [2.24, 2.45) is 0 Å². The van der Waals surface area contributed by atoms with Crippen LogP contribution in [0.1, 0.15) is 16.1 Å². The maximum absolute atomic E-state index is 12.4. The number of hydrogen-bond donors (Lipinski definition) is 2. The van der Waals surface area contributed by atoms with Crippen LogP contribution in [-0.4, -0.2) is 23.1 Å². The Morgan fingerprint density at radius 3 is 2.52 bits per heavy atom. The number of nitrogens with zero attached hydrogens (tertiary/aromatic N) is 1. The summed E-state index contributed by atoms with van der Waals surface area (Å²) in [7, 11) is 1.39. The van der Waals surface area contributed by atoms with Crippen LogP contribution in [0.25, 0.3) is 0 Å². The lowest BCUT2D eigenvalue weighted by Gasteiger charge is -2.11. The van der Waals surface area contributed by atoms with Crippen molar-refractivity contribution in [3.8, 4) is 23.0 Å². The van der Waals surface area contributed by atoms with Crippen LogP contribution in [0.2, 0.25) is 5.02 Å². The summed E-state index contributed by atoms with van der Waals surface area (Å²) in [6, 6.07) is 13.9. The average Bonchev–Trinajstić information content (AvgIpc) is 2.65. The second-order valence-corrected chi connectivity index (χ2v) is 6.13. The van der Waals surface area contributed by atoms with E-state index in [4.69, 9.17) is 21.1 Å². The minimum Gasteiger partial charge on any atom is -0.503 e. The van der Waals surface area contributed by atoms with E-state index in [-0.39, 0.29) is 17.2 Å². The normalized spacial score (nSPS) is 10.3. The van der Waals surface area contributed by atoms with Crippen molar-refractivity contribution in [2.45, 2.75) is 6.92 Å². The molecule has 0 aliphatic carbocycles. The van der Waals surface area contributed by atoms with Crippen LogP contribution in [0.15, 0.2) is 54.7 Å². The van der Waals surface area contributed by atoms with E-state index in [1.54, 1.807) is 18.2 Å². The van der Waals surface area contributed by atoms with Gasteiger partial charge >= 0.3 is 0 Å². The summed E-state index contributed by atoms with van der Waals surface area (Å²) in [6.07, 6.45) is 1.37. The summed E-state index contributed by atoms with van der Waals surface area (Å²) in [5.74, 6) is 0.360. The maximum atomic E-state index is 12.4. The van der Waals surface area contributed by atoms with Gasteiger partial charge in [0.2, 0.25) is 0 Å². The Bertz CT molecular complexity index is 974. The second kappa shape index (κ2) is 7.97. The van der Waals surface area contributed by atoms with Crippen LogP contribution >= 0.6 is 11.6 Å². The molecule has 1 amide bonds. The first-order valence-electron chi connectivity index (χ1n) is 8.05. The molecular weight excluding hydrogens is 368 g/mol. The summed E-state index contributed by atoms with van der Waals surface area (Å²) < 4.78 is 10.7. The summed E-state index contributed by atoms with van der Waals surface area (Å²) in [5.41, 5.74) is 1.41. The number of ether oxygens (including phenoxy) is 2. The average molecular weight is 385 g/mol. The fraction of sp³-hybridized carbons (Fsp3) is 0.100. The number of methoxy groups -OCH3 is 1. The molecule has 3 rings (SSSR count). The summed E-state index contributed by atoms with van der Waals surface area (Å²) in [6.45, 7) is 1.99. The third-order valence-corrected chi connectivity index (χ3v) is 4.06. The second-order valence-electron chi connectivity index (χ2n) is 5.72. The number of carbonyl (C=O) groups excluding carboxylic acids is 1. The number of carbonyl (C=O) groups is 1. The van der Waals surface area contributed by atoms with Gasteiger partial charge in [-0.1, -0.05) is 29.3 Å². The van der Waals surface area contributed by atoms with Gasteiger partial charge < -0.3 is 19.9 Å². The summed E-state index contributed by atoms with van der Waals surface area (Å²) in [4.78, 5) is 16.2. The quantitative estimate of drug-likeness (QED) is 0.660. The Morgan fingerprint density at radius 2 is 1.85 bits per heavy atom. The van der Waals surface area contributed by atoms with Crippen LogP contribution in [-0.2, 0) is 0 Å². The number of pyridine rings is 1. The lowest BCUT2D eigenvalue weighted by molar-refractivity contribution is 0.101. The van der Waals surface area contributed by atoms with E-state index >= 15 is 0 Å². The molecule has 7 heteroatoms. The van der Waals surface area contributed by atoms with Crippen molar-refractivity contribution >= 4 is 23.2 Å². The van der Waals surface area contributed by atoms with E-state index < -0.39 is 5.91 Å². The molecule has 0 atom stereocenters. The Labute approximate surface area is 161 Å². The minimum absolute atomic E-state index is 0.148. The van der Waals surface area contributed by atoms with Crippen molar-refractivity contribution in [2.75, 3.05) is 12.4 Å². The molecule has 0 unspecified atom stereocenters.